The minimum absolute atomic E-state index is 0.260. The van der Waals surface area contributed by atoms with Crippen molar-refractivity contribution < 1.29 is 9.90 Å². The summed E-state index contributed by atoms with van der Waals surface area (Å²) >= 11 is 0. The van der Waals surface area contributed by atoms with Crippen molar-refractivity contribution in [3.63, 3.8) is 0 Å². The van der Waals surface area contributed by atoms with Crippen LogP contribution in [0.4, 0.5) is 0 Å². The minimum Gasteiger partial charge on any atom is -0.477 e. The molecule has 0 saturated heterocycles. The van der Waals surface area contributed by atoms with Gasteiger partial charge in [0, 0.05) is 17.8 Å². The van der Waals surface area contributed by atoms with E-state index in [2.05, 4.69) is 90.0 Å². The SMILES string of the molecule is CC/C=C/c1ccc(C(=O)O)n1Cc1ccc(-c2ccccc2-c2nnnn2C(c2ccccc2)(c2ccccc2)c2ccccc2)cc1. The van der Waals surface area contributed by atoms with E-state index in [-0.39, 0.29) is 5.69 Å². The van der Waals surface area contributed by atoms with Crippen LogP contribution in [0, 0.1) is 0 Å². The fraction of sp³-hybridized carbons (Fsp3) is 0.0952. The molecule has 7 rings (SSSR count). The van der Waals surface area contributed by atoms with E-state index in [0.717, 1.165) is 51.1 Å². The summed E-state index contributed by atoms with van der Waals surface area (Å²) in [4.78, 5) is 12.0. The van der Waals surface area contributed by atoms with Crippen LogP contribution in [0.3, 0.4) is 0 Å². The van der Waals surface area contributed by atoms with Crippen LogP contribution in [0.1, 0.15) is 51.8 Å². The number of aromatic nitrogens is 5. The zero-order valence-corrected chi connectivity index (χ0v) is 27.1. The van der Waals surface area contributed by atoms with Gasteiger partial charge in [-0.2, -0.15) is 0 Å². The Bertz CT molecular complexity index is 2110. The summed E-state index contributed by atoms with van der Waals surface area (Å²) in [6.07, 6.45) is 4.88. The first-order chi connectivity index (χ1) is 24.1. The molecule has 0 bridgehead atoms. The molecule has 0 aliphatic heterocycles. The van der Waals surface area contributed by atoms with Gasteiger partial charge in [0.1, 0.15) is 11.2 Å². The lowest BCUT2D eigenvalue weighted by Crippen LogP contribution is -2.39. The quantitative estimate of drug-likeness (QED) is 0.143. The molecule has 7 aromatic rings. The number of allylic oxidation sites excluding steroid dienone is 1. The maximum Gasteiger partial charge on any atom is 0.352 e. The van der Waals surface area contributed by atoms with Crippen molar-refractivity contribution in [3.05, 3.63) is 191 Å². The van der Waals surface area contributed by atoms with Gasteiger partial charge in [0.05, 0.1) is 0 Å². The van der Waals surface area contributed by atoms with Gasteiger partial charge in [-0.1, -0.05) is 153 Å². The lowest BCUT2D eigenvalue weighted by molar-refractivity contribution is 0.0685. The Morgan fingerprint density at radius 1 is 0.694 bits per heavy atom. The van der Waals surface area contributed by atoms with Crippen molar-refractivity contribution in [2.75, 3.05) is 0 Å². The van der Waals surface area contributed by atoms with Gasteiger partial charge in [0.25, 0.3) is 0 Å². The highest BCUT2D eigenvalue weighted by atomic mass is 16.4. The molecule has 240 valence electrons. The Hall–Kier alpha value is -6.34. The summed E-state index contributed by atoms with van der Waals surface area (Å²) in [6.45, 7) is 2.49. The number of hydrogen-bond donors (Lipinski definition) is 1. The topological polar surface area (TPSA) is 85.8 Å². The van der Waals surface area contributed by atoms with Crippen LogP contribution in [0.25, 0.3) is 28.6 Å². The molecule has 0 saturated carbocycles. The normalized spacial score (nSPS) is 11.6. The number of hydrogen-bond acceptors (Lipinski definition) is 4. The van der Waals surface area contributed by atoms with Crippen molar-refractivity contribution in [1.29, 1.82) is 0 Å². The second-order valence-electron chi connectivity index (χ2n) is 11.8. The van der Waals surface area contributed by atoms with Gasteiger partial charge in [0.15, 0.2) is 5.82 Å². The van der Waals surface area contributed by atoms with Crippen LogP contribution in [-0.4, -0.2) is 35.9 Å². The summed E-state index contributed by atoms with van der Waals surface area (Å²) in [5.74, 6) is -0.320. The number of tetrazole rings is 1. The van der Waals surface area contributed by atoms with Crippen molar-refractivity contribution in [3.8, 4) is 22.5 Å². The standard InChI is InChI=1S/C42H35N5O2/c1-2-3-21-36-28-29-39(41(48)49)46(36)30-31-24-26-32(27-25-31)37-22-13-14-23-38(37)40-43-44-45-47(40)42(33-15-7-4-8-16-33,34-17-9-5-10-18-34)35-19-11-6-12-20-35/h3-29H,2,30H2,1H3,(H,48,49)/b21-3+. The van der Waals surface area contributed by atoms with Gasteiger partial charge in [0.2, 0.25) is 0 Å². The van der Waals surface area contributed by atoms with Gasteiger partial charge in [-0.15, -0.1) is 5.10 Å². The number of carboxylic acid groups (broad SMARTS) is 1. The predicted octanol–water partition coefficient (Wildman–Crippen LogP) is 8.82. The highest BCUT2D eigenvalue weighted by Gasteiger charge is 2.42. The highest BCUT2D eigenvalue weighted by molar-refractivity contribution is 5.86. The molecule has 1 N–H and O–H groups in total. The van der Waals surface area contributed by atoms with Crippen molar-refractivity contribution in [1.82, 2.24) is 24.8 Å². The maximum atomic E-state index is 12.0. The number of benzene rings is 5. The zero-order valence-electron chi connectivity index (χ0n) is 27.1. The summed E-state index contributed by atoms with van der Waals surface area (Å²) < 4.78 is 3.78. The Kier molecular flexibility index (Phi) is 8.80. The largest absolute Gasteiger partial charge is 0.477 e. The first kappa shape index (κ1) is 31.3. The third kappa shape index (κ3) is 5.87. The fourth-order valence-electron chi connectivity index (χ4n) is 6.62. The first-order valence-electron chi connectivity index (χ1n) is 16.3. The molecule has 7 heteroatoms. The van der Waals surface area contributed by atoms with E-state index in [9.17, 15) is 9.90 Å². The molecule has 0 aliphatic rings. The summed E-state index contributed by atoms with van der Waals surface area (Å²) in [5.41, 5.74) is 7.19. The maximum absolute atomic E-state index is 12.0. The Balaban J connectivity index is 1.34. The smallest absolute Gasteiger partial charge is 0.352 e. The average molecular weight is 642 g/mol. The van der Waals surface area contributed by atoms with E-state index in [4.69, 9.17) is 5.21 Å². The monoisotopic (exact) mass is 641 g/mol. The summed E-state index contributed by atoms with van der Waals surface area (Å²) in [5, 5.41) is 23.5. The second-order valence-corrected chi connectivity index (χ2v) is 11.8. The van der Waals surface area contributed by atoms with Crippen molar-refractivity contribution >= 4 is 12.0 Å². The zero-order chi connectivity index (χ0) is 33.6. The minimum atomic E-state index is -0.947. The second kappa shape index (κ2) is 13.8. The van der Waals surface area contributed by atoms with Gasteiger partial charge in [-0.05, 0) is 68.4 Å². The molecule has 0 radical (unpaired) electrons. The Morgan fingerprint density at radius 3 is 1.80 bits per heavy atom. The third-order valence-electron chi connectivity index (χ3n) is 8.89. The van der Waals surface area contributed by atoms with Crippen LogP contribution in [0.2, 0.25) is 0 Å². The van der Waals surface area contributed by atoms with E-state index in [1.807, 2.05) is 94.2 Å². The lowest BCUT2D eigenvalue weighted by Gasteiger charge is -2.36. The number of carboxylic acids is 1. The Morgan fingerprint density at radius 2 is 1.24 bits per heavy atom. The number of nitrogens with zero attached hydrogens (tertiary/aromatic N) is 5. The molecule has 5 aromatic carbocycles. The van der Waals surface area contributed by atoms with E-state index in [1.54, 1.807) is 6.07 Å². The fourth-order valence-corrected chi connectivity index (χ4v) is 6.62. The molecular weight excluding hydrogens is 606 g/mol. The molecule has 0 unspecified atom stereocenters. The predicted molar refractivity (Wildman–Crippen MR) is 193 cm³/mol. The number of rotatable bonds is 11. The molecule has 0 aliphatic carbocycles. The molecule has 49 heavy (non-hydrogen) atoms. The summed E-state index contributed by atoms with van der Waals surface area (Å²) in [6, 6.07) is 51.0. The molecule has 7 nitrogen and oxygen atoms in total. The number of aromatic carboxylic acids is 1. The lowest BCUT2D eigenvalue weighted by atomic mass is 9.77. The van der Waals surface area contributed by atoms with E-state index < -0.39 is 11.5 Å². The molecular formula is C42H35N5O2. The van der Waals surface area contributed by atoms with Gasteiger partial charge < -0.3 is 9.67 Å². The van der Waals surface area contributed by atoms with Crippen molar-refractivity contribution in [2.45, 2.75) is 25.4 Å². The van der Waals surface area contributed by atoms with Crippen molar-refractivity contribution in [2.24, 2.45) is 0 Å². The number of carbonyl (C=O) groups is 1. The van der Waals surface area contributed by atoms with Crippen LogP contribution >= 0.6 is 0 Å². The molecule has 0 fully saturated rings. The molecule has 0 amide bonds. The van der Waals surface area contributed by atoms with E-state index >= 15 is 0 Å². The van der Waals surface area contributed by atoms with Crippen LogP contribution in [0.5, 0.6) is 0 Å². The molecule has 2 heterocycles. The van der Waals surface area contributed by atoms with E-state index in [0.29, 0.717) is 12.4 Å². The average Bonchev–Trinajstić information content (AvgIpc) is 3.81. The Labute approximate surface area is 285 Å². The third-order valence-corrected chi connectivity index (χ3v) is 8.89. The molecule has 2 aromatic heterocycles. The van der Waals surface area contributed by atoms with Crippen LogP contribution < -0.4 is 0 Å². The highest BCUT2D eigenvalue weighted by Crippen LogP contribution is 2.43. The molecule has 0 atom stereocenters. The molecule has 0 spiro atoms. The summed E-state index contributed by atoms with van der Waals surface area (Å²) in [7, 11) is 0. The van der Waals surface area contributed by atoms with Crippen LogP contribution in [-0.2, 0) is 12.1 Å². The van der Waals surface area contributed by atoms with Crippen LogP contribution in [0.15, 0.2) is 158 Å². The van der Waals surface area contributed by atoms with Gasteiger partial charge in [-0.25, -0.2) is 9.48 Å². The van der Waals surface area contributed by atoms with E-state index in [1.165, 1.54) is 0 Å². The van der Waals surface area contributed by atoms with Gasteiger partial charge >= 0.3 is 5.97 Å². The first-order valence-corrected chi connectivity index (χ1v) is 16.3. The van der Waals surface area contributed by atoms with Gasteiger partial charge in [-0.3, -0.25) is 0 Å².